The SMILES string of the molecule is CCCCCCOc1cc[c]nc1. The number of aromatic nitrogens is 1. The van der Waals surface area contributed by atoms with Gasteiger partial charge in [0, 0.05) is 0 Å². The van der Waals surface area contributed by atoms with Gasteiger partial charge in [-0.25, -0.2) is 0 Å². The highest BCUT2D eigenvalue weighted by molar-refractivity contribution is 5.14. The first-order valence-corrected chi connectivity index (χ1v) is 4.88. The van der Waals surface area contributed by atoms with E-state index < -0.39 is 0 Å². The second-order valence-electron chi connectivity index (χ2n) is 3.03. The van der Waals surface area contributed by atoms with Crippen molar-refractivity contribution in [2.24, 2.45) is 0 Å². The fraction of sp³-hybridized carbons (Fsp3) is 0.545. The van der Waals surface area contributed by atoms with Gasteiger partial charge < -0.3 is 4.74 Å². The van der Waals surface area contributed by atoms with E-state index in [9.17, 15) is 0 Å². The lowest BCUT2D eigenvalue weighted by molar-refractivity contribution is 0.304. The molecule has 0 atom stereocenters. The lowest BCUT2D eigenvalue weighted by atomic mass is 10.2. The number of pyridine rings is 1. The molecule has 0 aliphatic rings. The zero-order valence-corrected chi connectivity index (χ0v) is 8.12. The monoisotopic (exact) mass is 178 g/mol. The Hall–Kier alpha value is -1.05. The van der Waals surface area contributed by atoms with Crippen molar-refractivity contribution in [1.82, 2.24) is 4.98 Å². The van der Waals surface area contributed by atoms with Gasteiger partial charge in [0.25, 0.3) is 0 Å². The van der Waals surface area contributed by atoms with Gasteiger partial charge in [0.15, 0.2) is 0 Å². The minimum absolute atomic E-state index is 0.797. The Morgan fingerprint density at radius 3 is 3.00 bits per heavy atom. The average Bonchev–Trinajstić information content (AvgIpc) is 2.19. The molecule has 0 aliphatic heterocycles. The van der Waals surface area contributed by atoms with Crippen LogP contribution in [0.15, 0.2) is 18.3 Å². The molecule has 0 saturated heterocycles. The van der Waals surface area contributed by atoms with Gasteiger partial charge in [-0.15, -0.1) is 0 Å². The molecule has 0 fully saturated rings. The Balaban J connectivity index is 2.07. The van der Waals surface area contributed by atoms with Gasteiger partial charge in [0.2, 0.25) is 0 Å². The quantitative estimate of drug-likeness (QED) is 0.625. The maximum absolute atomic E-state index is 5.47. The van der Waals surface area contributed by atoms with E-state index in [-0.39, 0.29) is 0 Å². The number of hydrogen-bond donors (Lipinski definition) is 0. The molecule has 0 bridgehead atoms. The van der Waals surface area contributed by atoms with Crippen molar-refractivity contribution in [2.75, 3.05) is 6.61 Å². The lowest BCUT2D eigenvalue weighted by Crippen LogP contribution is -1.97. The molecule has 1 rings (SSSR count). The fourth-order valence-electron chi connectivity index (χ4n) is 1.11. The summed E-state index contributed by atoms with van der Waals surface area (Å²) in [6, 6.07) is 3.65. The summed E-state index contributed by atoms with van der Waals surface area (Å²) in [6.45, 7) is 3.00. The van der Waals surface area contributed by atoms with Crippen LogP contribution in [0.5, 0.6) is 5.75 Å². The summed E-state index contributed by atoms with van der Waals surface area (Å²) in [6.07, 6.45) is 9.35. The molecule has 1 aromatic heterocycles. The number of hydrogen-bond acceptors (Lipinski definition) is 2. The molecule has 0 aromatic carbocycles. The molecule has 0 saturated carbocycles. The van der Waals surface area contributed by atoms with Crippen molar-refractivity contribution < 1.29 is 4.74 Å². The molecule has 0 unspecified atom stereocenters. The summed E-state index contributed by atoms with van der Waals surface area (Å²) < 4.78 is 5.47. The molecule has 1 heterocycles. The highest BCUT2D eigenvalue weighted by Gasteiger charge is 1.91. The van der Waals surface area contributed by atoms with E-state index >= 15 is 0 Å². The van der Waals surface area contributed by atoms with Crippen LogP contribution in [0.2, 0.25) is 0 Å². The van der Waals surface area contributed by atoms with E-state index in [0.717, 1.165) is 18.8 Å². The first kappa shape index (κ1) is 10.0. The van der Waals surface area contributed by atoms with Crippen LogP contribution in [0, 0.1) is 6.20 Å². The van der Waals surface area contributed by atoms with Crippen molar-refractivity contribution in [2.45, 2.75) is 32.6 Å². The fourth-order valence-corrected chi connectivity index (χ4v) is 1.11. The second kappa shape index (κ2) is 6.46. The van der Waals surface area contributed by atoms with Gasteiger partial charge in [-0.05, 0) is 18.6 Å². The Morgan fingerprint density at radius 1 is 1.38 bits per heavy atom. The summed E-state index contributed by atoms with van der Waals surface area (Å²) in [4.78, 5) is 3.85. The molecular weight excluding hydrogens is 162 g/mol. The van der Waals surface area contributed by atoms with E-state index in [1.165, 1.54) is 19.3 Å². The molecular formula is C11H16NO. The molecule has 1 radical (unpaired) electrons. The first-order chi connectivity index (χ1) is 6.43. The third-order valence-electron chi connectivity index (χ3n) is 1.86. The molecule has 0 spiro atoms. The van der Waals surface area contributed by atoms with Crippen molar-refractivity contribution in [1.29, 1.82) is 0 Å². The molecule has 0 amide bonds. The van der Waals surface area contributed by atoms with Gasteiger partial charge in [0.1, 0.15) is 5.75 Å². The molecule has 2 nitrogen and oxygen atoms in total. The predicted octanol–water partition coefficient (Wildman–Crippen LogP) is 2.84. The van der Waals surface area contributed by atoms with Crippen LogP contribution in [0.3, 0.4) is 0 Å². The highest BCUT2D eigenvalue weighted by atomic mass is 16.5. The standard InChI is InChI=1S/C11H16NO/c1-2-3-4-5-9-13-11-7-6-8-12-10-11/h6-7,10H,2-5,9H2,1H3. The Labute approximate surface area is 80.0 Å². The Bertz CT molecular complexity index is 211. The largest absolute Gasteiger partial charge is 0.492 e. The predicted molar refractivity (Wildman–Crippen MR) is 52.7 cm³/mol. The summed E-state index contributed by atoms with van der Waals surface area (Å²) >= 11 is 0. The zero-order valence-electron chi connectivity index (χ0n) is 8.12. The van der Waals surface area contributed by atoms with E-state index in [4.69, 9.17) is 4.74 Å². The Morgan fingerprint density at radius 2 is 2.31 bits per heavy atom. The zero-order chi connectivity index (χ0) is 9.36. The minimum atomic E-state index is 0.797. The van der Waals surface area contributed by atoms with Gasteiger partial charge >= 0.3 is 0 Å². The van der Waals surface area contributed by atoms with Gasteiger partial charge in [-0.3, -0.25) is 4.98 Å². The van der Waals surface area contributed by atoms with Crippen LogP contribution in [0.25, 0.3) is 0 Å². The maximum atomic E-state index is 5.47. The van der Waals surface area contributed by atoms with E-state index in [2.05, 4.69) is 18.1 Å². The van der Waals surface area contributed by atoms with Crippen molar-refractivity contribution in [3.63, 3.8) is 0 Å². The molecule has 0 aliphatic carbocycles. The third kappa shape index (κ3) is 4.51. The normalized spacial score (nSPS) is 9.92. The first-order valence-electron chi connectivity index (χ1n) is 4.88. The summed E-state index contributed by atoms with van der Waals surface area (Å²) in [7, 11) is 0. The Kier molecular flexibility index (Phi) is 4.99. The third-order valence-corrected chi connectivity index (χ3v) is 1.86. The van der Waals surface area contributed by atoms with Crippen LogP contribution in [0.1, 0.15) is 32.6 Å². The summed E-state index contributed by atoms with van der Waals surface area (Å²) in [5.41, 5.74) is 0. The number of unbranched alkanes of at least 4 members (excludes halogenated alkanes) is 3. The maximum Gasteiger partial charge on any atom is 0.137 e. The van der Waals surface area contributed by atoms with Crippen molar-refractivity contribution in [3.05, 3.63) is 24.5 Å². The number of ether oxygens (including phenoxy) is 1. The molecule has 1 aromatic rings. The average molecular weight is 178 g/mol. The van der Waals surface area contributed by atoms with Gasteiger partial charge in [-0.2, -0.15) is 0 Å². The highest BCUT2D eigenvalue weighted by Crippen LogP contribution is 2.07. The second-order valence-corrected chi connectivity index (χ2v) is 3.03. The molecule has 13 heavy (non-hydrogen) atoms. The lowest BCUT2D eigenvalue weighted by Gasteiger charge is -2.03. The van der Waals surface area contributed by atoms with Gasteiger partial charge in [0.05, 0.1) is 19.0 Å². The van der Waals surface area contributed by atoms with Gasteiger partial charge in [-0.1, -0.05) is 26.2 Å². The minimum Gasteiger partial charge on any atom is -0.492 e. The molecule has 0 N–H and O–H groups in total. The summed E-state index contributed by atoms with van der Waals surface area (Å²) in [5.74, 6) is 0.843. The van der Waals surface area contributed by atoms with E-state index in [1.54, 1.807) is 12.3 Å². The van der Waals surface area contributed by atoms with Crippen LogP contribution < -0.4 is 4.74 Å². The topological polar surface area (TPSA) is 22.1 Å². The molecule has 2 heteroatoms. The van der Waals surface area contributed by atoms with Crippen LogP contribution in [-0.4, -0.2) is 11.6 Å². The van der Waals surface area contributed by atoms with Crippen LogP contribution in [0.4, 0.5) is 0 Å². The van der Waals surface area contributed by atoms with Crippen molar-refractivity contribution >= 4 is 0 Å². The summed E-state index contributed by atoms with van der Waals surface area (Å²) in [5, 5.41) is 0. The van der Waals surface area contributed by atoms with E-state index in [0.29, 0.717) is 0 Å². The molecule has 71 valence electrons. The van der Waals surface area contributed by atoms with E-state index in [1.807, 2.05) is 6.07 Å². The van der Waals surface area contributed by atoms with Crippen LogP contribution >= 0.6 is 0 Å². The smallest absolute Gasteiger partial charge is 0.137 e. The number of rotatable bonds is 6. The van der Waals surface area contributed by atoms with Crippen LogP contribution in [-0.2, 0) is 0 Å². The number of nitrogens with zero attached hydrogens (tertiary/aromatic N) is 1. The van der Waals surface area contributed by atoms with Crippen molar-refractivity contribution in [3.8, 4) is 5.75 Å².